The Kier molecular flexibility index (Phi) is 4.36. The summed E-state index contributed by atoms with van der Waals surface area (Å²) in [7, 11) is -1.77. The lowest BCUT2D eigenvalue weighted by atomic mass is 9.99. The van der Waals surface area contributed by atoms with Crippen LogP contribution in [0.2, 0.25) is 18.1 Å². The van der Waals surface area contributed by atoms with Gasteiger partial charge in [0.05, 0.1) is 0 Å². The number of ether oxygens (including phenoxy) is 1. The molecule has 0 aromatic carbocycles. The van der Waals surface area contributed by atoms with Crippen molar-refractivity contribution in [3.63, 3.8) is 0 Å². The van der Waals surface area contributed by atoms with Gasteiger partial charge < -0.3 is 9.16 Å². The molecule has 1 aliphatic heterocycles. The van der Waals surface area contributed by atoms with Crippen molar-refractivity contribution in [1.29, 1.82) is 0 Å². The molecule has 0 amide bonds. The minimum Gasteiger partial charge on any atom is -0.468 e. The quantitative estimate of drug-likeness (QED) is 0.738. The fourth-order valence-corrected chi connectivity index (χ4v) is 2.76. The van der Waals surface area contributed by atoms with E-state index in [1.807, 2.05) is 0 Å². The van der Waals surface area contributed by atoms with Gasteiger partial charge in [0.25, 0.3) is 0 Å². The zero-order chi connectivity index (χ0) is 14.2. The van der Waals surface area contributed by atoms with Crippen LogP contribution in [0, 0.1) is 0 Å². The molecule has 18 heavy (non-hydrogen) atoms. The average molecular weight is 291 g/mol. The van der Waals surface area contributed by atoms with Crippen LogP contribution >= 0.6 is 11.6 Å². The lowest BCUT2D eigenvalue weighted by Gasteiger charge is -2.37. The lowest BCUT2D eigenvalue weighted by molar-refractivity contribution is -0.129. The van der Waals surface area contributed by atoms with Crippen molar-refractivity contribution >= 4 is 25.7 Å². The van der Waals surface area contributed by atoms with E-state index in [0.29, 0.717) is 13.0 Å². The van der Waals surface area contributed by atoms with Crippen molar-refractivity contribution in [2.45, 2.75) is 57.8 Å². The van der Waals surface area contributed by atoms with Crippen LogP contribution in [0.1, 0.15) is 34.1 Å². The average Bonchev–Trinajstić information content (AvgIpc) is 2.38. The van der Waals surface area contributed by atoms with E-state index in [0.717, 1.165) is 0 Å². The molecular formula is C13H23ClO3Si. The van der Waals surface area contributed by atoms with Crippen molar-refractivity contribution in [1.82, 2.24) is 0 Å². The maximum atomic E-state index is 11.7. The van der Waals surface area contributed by atoms with Gasteiger partial charge in [-0.25, -0.2) is 0 Å². The molecule has 1 unspecified atom stereocenters. The third-order valence-electron chi connectivity index (χ3n) is 3.94. The lowest BCUT2D eigenvalue weighted by Crippen LogP contribution is -2.43. The molecule has 0 spiro atoms. The van der Waals surface area contributed by atoms with Crippen LogP contribution in [0.3, 0.4) is 0 Å². The van der Waals surface area contributed by atoms with Crippen LogP contribution in [0.15, 0.2) is 11.3 Å². The highest BCUT2D eigenvalue weighted by atomic mass is 35.5. The number of carbonyl (C=O) groups excluding carboxylic acids is 1. The molecule has 1 aliphatic rings. The predicted molar refractivity (Wildman–Crippen MR) is 76.2 cm³/mol. The van der Waals surface area contributed by atoms with E-state index in [1.54, 1.807) is 6.92 Å². The molecule has 1 atom stereocenters. The van der Waals surface area contributed by atoms with Crippen LogP contribution in [0.25, 0.3) is 0 Å². The van der Waals surface area contributed by atoms with Gasteiger partial charge in [0.15, 0.2) is 19.1 Å². The molecule has 0 N–H and O–H groups in total. The molecule has 0 fully saturated rings. The first kappa shape index (κ1) is 15.7. The minimum absolute atomic E-state index is 0.0775. The highest BCUT2D eigenvalue weighted by Gasteiger charge is 2.41. The first-order chi connectivity index (χ1) is 7.98. The summed E-state index contributed by atoms with van der Waals surface area (Å²) in [6, 6.07) is 0. The number of hydrogen-bond acceptors (Lipinski definition) is 3. The first-order valence-electron chi connectivity index (χ1n) is 6.23. The molecule has 0 saturated heterocycles. The zero-order valence-corrected chi connectivity index (χ0v) is 13.9. The molecular weight excluding hydrogens is 268 g/mol. The molecule has 5 heteroatoms. The molecule has 0 aliphatic carbocycles. The van der Waals surface area contributed by atoms with Crippen LogP contribution in [0.4, 0.5) is 0 Å². The Labute approximate surface area is 116 Å². The third-order valence-corrected chi connectivity index (χ3v) is 8.66. The highest BCUT2D eigenvalue weighted by molar-refractivity contribution is 6.74. The minimum atomic E-state index is -1.77. The fourth-order valence-electron chi connectivity index (χ4n) is 1.44. The summed E-state index contributed by atoms with van der Waals surface area (Å²) in [6.07, 6.45) is 1.87. The summed E-state index contributed by atoms with van der Waals surface area (Å²) in [5.74, 6) is -0.0775. The molecule has 1 rings (SSSR count). The number of halogens is 1. The first-order valence-corrected chi connectivity index (χ1v) is 9.51. The molecule has 104 valence electrons. The zero-order valence-electron chi connectivity index (χ0n) is 12.1. The standard InChI is InChI=1S/C13H23ClO3Si/c1-12(2,3)18(5,6)16-8-7-13(4)10(15)9-11(14)17-13/h9H,7-8H2,1-6H3. The Bertz CT molecular complexity index is 371. The van der Waals surface area contributed by atoms with Gasteiger partial charge in [-0.2, -0.15) is 0 Å². The van der Waals surface area contributed by atoms with E-state index < -0.39 is 13.9 Å². The van der Waals surface area contributed by atoms with Gasteiger partial charge in [0, 0.05) is 19.1 Å². The predicted octanol–water partition coefficient (Wildman–Crippen LogP) is 3.84. The molecule has 0 radical (unpaired) electrons. The second-order valence-electron chi connectivity index (χ2n) is 6.50. The molecule has 1 heterocycles. The summed E-state index contributed by atoms with van der Waals surface area (Å²) in [5.41, 5.74) is -0.848. The van der Waals surface area contributed by atoms with E-state index in [2.05, 4.69) is 33.9 Å². The van der Waals surface area contributed by atoms with E-state index in [9.17, 15) is 4.79 Å². The largest absolute Gasteiger partial charge is 0.468 e. The summed E-state index contributed by atoms with van der Waals surface area (Å²) < 4.78 is 11.4. The van der Waals surface area contributed by atoms with E-state index >= 15 is 0 Å². The fraction of sp³-hybridized carbons (Fsp3) is 0.769. The SMILES string of the molecule is CC1(CCO[Si](C)(C)C(C)(C)C)OC(Cl)=CC1=O. The van der Waals surface area contributed by atoms with E-state index in [1.165, 1.54) is 6.08 Å². The van der Waals surface area contributed by atoms with Gasteiger partial charge in [0.1, 0.15) is 0 Å². The Balaban J connectivity index is 2.51. The summed E-state index contributed by atoms with van der Waals surface area (Å²) in [5, 5.41) is 0.347. The van der Waals surface area contributed by atoms with Gasteiger partial charge in [-0.15, -0.1) is 0 Å². The number of rotatable bonds is 4. The second kappa shape index (κ2) is 4.98. The van der Waals surface area contributed by atoms with Crippen molar-refractivity contribution in [3.05, 3.63) is 11.3 Å². The van der Waals surface area contributed by atoms with Crippen molar-refractivity contribution < 1.29 is 14.0 Å². The van der Waals surface area contributed by atoms with Gasteiger partial charge in [-0.05, 0) is 36.7 Å². The smallest absolute Gasteiger partial charge is 0.203 e. The number of ketones is 1. The second-order valence-corrected chi connectivity index (χ2v) is 11.7. The van der Waals surface area contributed by atoms with E-state index in [-0.39, 0.29) is 16.0 Å². The topological polar surface area (TPSA) is 35.5 Å². The van der Waals surface area contributed by atoms with Crippen LogP contribution < -0.4 is 0 Å². The molecule has 0 aromatic heterocycles. The number of carbonyl (C=O) groups is 1. The molecule has 3 nitrogen and oxygen atoms in total. The van der Waals surface area contributed by atoms with Crippen molar-refractivity contribution in [2.24, 2.45) is 0 Å². The highest BCUT2D eigenvalue weighted by Crippen LogP contribution is 2.37. The maximum Gasteiger partial charge on any atom is 0.203 e. The monoisotopic (exact) mass is 290 g/mol. The van der Waals surface area contributed by atoms with Gasteiger partial charge in [-0.3, -0.25) is 4.79 Å². The Morgan fingerprint density at radius 3 is 2.39 bits per heavy atom. The van der Waals surface area contributed by atoms with Gasteiger partial charge in [0.2, 0.25) is 5.78 Å². The number of hydrogen-bond donors (Lipinski definition) is 0. The normalized spacial score (nSPS) is 25.1. The van der Waals surface area contributed by atoms with Crippen LogP contribution in [-0.2, 0) is 14.0 Å². The Morgan fingerprint density at radius 2 is 2.00 bits per heavy atom. The maximum absolute atomic E-state index is 11.7. The molecule has 0 aromatic rings. The Hall–Kier alpha value is -0.323. The molecule has 0 bridgehead atoms. The van der Waals surface area contributed by atoms with Gasteiger partial charge in [-0.1, -0.05) is 20.8 Å². The van der Waals surface area contributed by atoms with Crippen LogP contribution in [0.5, 0.6) is 0 Å². The van der Waals surface area contributed by atoms with Crippen molar-refractivity contribution in [2.75, 3.05) is 6.61 Å². The Morgan fingerprint density at radius 1 is 1.44 bits per heavy atom. The summed E-state index contributed by atoms with van der Waals surface area (Å²) in [6.45, 7) is 13.2. The van der Waals surface area contributed by atoms with Crippen molar-refractivity contribution in [3.8, 4) is 0 Å². The third kappa shape index (κ3) is 3.37. The van der Waals surface area contributed by atoms with Crippen LogP contribution in [-0.4, -0.2) is 26.3 Å². The summed E-state index contributed by atoms with van der Waals surface area (Å²) >= 11 is 5.72. The summed E-state index contributed by atoms with van der Waals surface area (Å²) in [4.78, 5) is 11.7. The van der Waals surface area contributed by atoms with E-state index in [4.69, 9.17) is 20.8 Å². The molecule has 0 saturated carbocycles. The van der Waals surface area contributed by atoms with Gasteiger partial charge >= 0.3 is 0 Å².